The number of benzene rings is 1. The zero-order valence-corrected chi connectivity index (χ0v) is 13.9. The molecule has 0 aliphatic heterocycles. The van der Waals surface area contributed by atoms with E-state index in [-0.39, 0.29) is 5.91 Å². The zero-order chi connectivity index (χ0) is 15.5. The van der Waals surface area contributed by atoms with Gasteiger partial charge in [-0.2, -0.15) is 0 Å². The Morgan fingerprint density at radius 3 is 2.68 bits per heavy atom. The first-order valence-electron chi connectivity index (χ1n) is 6.84. The Hall–Kier alpha value is -2.05. The first-order valence-corrected chi connectivity index (χ1v) is 8.54. The minimum atomic E-state index is -0.0630. The van der Waals surface area contributed by atoms with E-state index in [1.54, 1.807) is 17.5 Å². The summed E-state index contributed by atoms with van der Waals surface area (Å²) in [5, 5.41) is 6.25. The van der Waals surface area contributed by atoms with E-state index in [0.29, 0.717) is 11.6 Å². The maximum absolute atomic E-state index is 12.2. The number of nitrogens with zero attached hydrogens (tertiary/aromatic N) is 2. The lowest BCUT2D eigenvalue weighted by Crippen LogP contribution is -2.13. The van der Waals surface area contributed by atoms with Crippen molar-refractivity contribution in [1.29, 1.82) is 0 Å². The molecule has 0 saturated carbocycles. The number of hydrogen-bond donors (Lipinski definition) is 1. The quantitative estimate of drug-likeness (QED) is 0.785. The van der Waals surface area contributed by atoms with Gasteiger partial charge in [-0.3, -0.25) is 4.79 Å². The van der Waals surface area contributed by atoms with Gasteiger partial charge in [0.05, 0.1) is 17.1 Å². The molecule has 4 nitrogen and oxygen atoms in total. The summed E-state index contributed by atoms with van der Waals surface area (Å²) in [7, 11) is 0. The van der Waals surface area contributed by atoms with Gasteiger partial charge in [-0.25, -0.2) is 9.97 Å². The van der Waals surface area contributed by atoms with Crippen molar-refractivity contribution in [1.82, 2.24) is 9.97 Å². The van der Waals surface area contributed by atoms with E-state index >= 15 is 0 Å². The van der Waals surface area contributed by atoms with Crippen LogP contribution >= 0.6 is 22.7 Å². The lowest BCUT2D eigenvalue weighted by molar-refractivity contribution is -0.115. The monoisotopic (exact) mass is 329 g/mol. The van der Waals surface area contributed by atoms with Crippen LogP contribution < -0.4 is 5.32 Å². The SMILES string of the molecule is Cc1ccc(-c2nc(C)sc2CC(=O)Nc2nccs2)cc1. The molecule has 22 heavy (non-hydrogen) atoms. The number of aryl methyl sites for hydroxylation is 2. The van der Waals surface area contributed by atoms with E-state index in [9.17, 15) is 4.79 Å². The summed E-state index contributed by atoms with van der Waals surface area (Å²) in [4.78, 5) is 21.8. The predicted molar refractivity (Wildman–Crippen MR) is 91.5 cm³/mol. The zero-order valence-electron chi connectivity index (χ0n) is 12.3. The van der Waals surface area contributed by atoms with Crippen LogP contribution in [0, 0.1) is 13.8 Å². The molecule has 0 atom stereocenters. The molecule has 1 N–H and O–H groups in total. The number of carbonyl (C=O) groups excluding carboxylic acids is 1. The van der Waals surface area contributed by atoms with Crippen molar-refractivity contribution in [3.8, 4) is 11.3 Å². The molecule has 0 unspecified atom stereocenters. The van der Waals surface area contributed by atoms with E-state index in [1.165, 1.54) is 16.9 Å². The molecule has 0 spiro atoms. The second-order valence-corrected chi connectivity index (χ2v) is 7.12. The van der Waals surface area contributed by atoms with Gasteiger partial charge in [-0.05, 0) is 13.8 Å². The molecule has 1 aromatic carbocycles. The van der Waals surface area contributed by atoms with Crippen molar-refractivity contribution in [3.63, 3.8) is 0 Å². The minimum absolute atomic E-state index is 0.0630. The summed E-state index contributed by atoms with van der Waals surface area (Å²) >= 11 is 2.98. The first kappa shape index (κ1) is 14.9. The van der Waals surface area contributed by atoms with Crippen LogP contribution in [-0.4, -0.2) is 15.9 Å². The first-order chi connectivity index (χ1) is 10.6. The molecule has 0 aliphatic carbocycles. The number of anilines is 1. The molecule has 6 heteroatoms. The minimum Gasteiger partial charge on any atom is -0.302 e. The van der Waals surface area contributed by atoms with E-state index in [0.717, 1.165) is 21.1 Å². The van der Waals surface area contributed by atoms with Crippen LogP contribution in [0.5, 0.6) is 0 Å². The molecule has 0 saturated heterocycles. The Bertz CT molecular complexity index is 776. The Kier molecular flexibility index (Phi) is 4.31. The lowest BCUT2D eigenvalue weighted by Gasteiger charge is -2.03. The van der Waals surface area contributed by atoms with Gasteiger partial charge in [0.2, 0.25) is 5.91 Å². The van der Waals surface area contributed by atoms with Gasteiger partial charge in [0, 0.05) is 22.0 Å². The van der Waals surface area contributed by atoms with Gasteiger partial charge in [0.25, 0.3) is 0 Å². The number of amides is 1. The molecule has 1 amide bonds. The molecular weight excluding hydrogens is 314 g/mol. The smallest absolute Gasteiger partial charge is 0.231 e. The predicted octanol–water partition coefficient (Wildman–Crippen LogP) is 4.06. The maximum Gasteiger partial charge on any atom is 0.231 e. The number of carbonyl (C=O) groups is 1. The van der Waals surface area contributed by atoms with E-state index in [1.807, 2.05) is 24.4 Å². The van der Waals surface area contributed by atoms with Crippen LogP contribution in [0.1, 0.15) is 15.4 Å². The standard InChI is InChI=1S/C16H15N3OS2/c1-10-3-5-12(6-4-10)15-13(22-11(2)18-15)9-14(20)19-16-17-7-8-21-16/h3-8H,9H2,1-2H3,(H,17,19,20). The number of nitrogens with one attached hydrogen (secondary N) is 1. The molecule has 0 bridgehead atoms. The maximum atomic E-state index is 12.2. The number of hydrogen-bond acceptors (Lipinski definition) is 5. The van der Waals surface area contributed by atoms with Crippen molar-refractivity contribution in [2.45, 2.75) is 20.3 Å². The topological polar surface area (TPSA) is 54.9 Å². The molecule has 112 valence electrons. The molecule has 0 aliphatic rings. The highest BCUT2D eigenvalue weighted by atomic mass is 32.1. The molecular formula is C16H15N3OS2. The van der Waals surface area contributed by atoms with Crippen LogP contribution in [0.3, 0.4) is 0 Å². The van der Waals surface area contributed by atoms with E-state index in [2.05, 4.69) is 34.3 Å². The average Bonchev–Trinajstić information content (AvgIpc) is 3.10. The van der Waals surface area contributed by atoms with Crippen molar-refractivity contribution in [2.24, 2.45) is 0 Å². The van der Waals surface area contributed by atoms with Gasteiger partial charge in [0.1, 0.15) is 0 Å². The summed E-state index contributed by atoms with van der Waals surface area (Å²) in [6.45, 7) is 4.02. The highest BCUT2D eigenvalue weighted by molar-refractivity contribution is 7.13. The number of rotatable bonds is 4. The van der Waals surface area contributed by atoms with E-state index in [4.69, 9.17) is 0 Å². The third-order valence-electron chi connectivity index (χ3n) is 3.13. The van der Waals surface area contributed by atoms with Crippen LogP contribution in [0.2, 0.25) is 0 Å². The van der Waals surface area contributed by atoms with Crippen molar-refractivity contribution in [2.75, 3.05) is 5.32 Å². The summed E-state index contributed by atoms with van der Waals surface area (Å²) in [6, 6.07) is 8.21. The third-order valence-corrected chi connectivity index (χ3v) is 4.79. The Labute approximate surface area is 136 Å². The fourth-order valence-corrected chi connectivity index (χ4v) is 3.62. The van der Waals surface area contributed by atoms with Gasteiger partial charge >= 0.3 is 0 Å². The average molecular weight is 329 g/mol. The molecule has 0 fully saturated rings. The van der Waals surface area contributed by atoms with Crippen molar-refractivity contribution >= 4 is 33.7 Å². The van der Waals surface area contributed by atoms with Gasteiger partial charge in [0.15, 0.2) is 5.13 Å². The van der Waals surface area contributed by atoms with Gasteiger partial charge < -0.3 is 5.32 Å². The summed E-state index contributed by atoms with van der Waals surface area (Å²) in [5.41, 5.74) is 3.16. The van der Waals surface area contributed by atoms with Crippen LogP contribution in [0.15, 0.2) is 35.8 Å². The largest absolute Gasteiger partial charge is 0.302 e. The van der Waals surface area contributed by atoms with Gasteiger partial charge in [-0.15, -0.1) is 22.7 Å². The molecule has 0 radical (unpaired) electrons. The molecule has 3 aromatic rings. The summed E-state index contributed by atoms with van der Waals surface area (Å²) in [6.07, 6.45) is 1.99. The fraction of sp³-hybridized carbons (Fsp3) is 0.188. The third kappa shape index (κ3) is 3.40. The Morgan fingerprint density at radius 1 is 1.23 bits per heavy atom. The summed E-state index contributed by atoms with van der Waals surface area (Å²) in [5.74, 6) is -0.0630. The van der Waals surface area contributed by atoms with Crippen molar-refractivity contribution in [3.05, 3.63) is 51.3 Å². The lowest BCUT2D eigenvalue weighted by atomic mass is 10.1. The molecule has 2 aromatic heterocycles. The normalized spacial score (nSPS) is 10.6. The van der Waals surface area contributed by atoms with Gasteiger partial charge in [-0.1, -0.05) is 29.8 Å². The Morgan fingerprint density at radius 2 is 2.00 bits per heavy atom. The van der Waals surface area contributed by atoms with Crippen LogP contribution in [-0.2, 0) is 11.2 Å². The van der Waals surface area contributed by atoms with Crippen LogP contribution in [0.4, 0.5) is 5.13 Å². The number of thiazole rings is 2. The highest BCUT2D eigenvalue weighted by Crippen LogP contribution is 2.29. The molecule has 3 rings (SSSR count). The fourth-order valence-electron chi connectivity index (χ4n) is 2.12. The second-order valence-electron chi connectivity index (χ2n) is 4.93. The van der Waals surface area contributed by atoms with Crippen LogP contribution in [0.25, 0.3) is 11.3 Å². The number of aromatic nitrogens is 2. The highest BCUT2D eigenvalue weighted by Gasteiger charge is 2.15. The second kappa shape index (κ2) is 6.37. The van der Waals surface area contributed by atoms with Crippen molar-refractivity contribution < 1.29 is 4.79 Å². The molecule has 2 heterocycles. The summed E-state index contributed by atoms with van der Waals surface area (Å²) < 4.78 is 0. The van der Waals surface area contributed by atoms with E-state index < -0.39 is 0 Å². The Balaban J connectivity index is 1.82.